The van der Waals surface area contributed by atoms with Gasteiger partial charge in [0, 0.05) is 26.3 Å². The third-order valence-corrected chi connectivity index (χ3v) is 8.05. The number of nitrogens with one attached hydrogen (secondary N) is 1. The minimum atomic E-state index is -3.56. The van der Waals surface area contributed by atoms with Gasteiger partial charge >= 0.3 is 0 Å². The molecule has 1 aromatic heterocycles. The molecule has 8 nitrogen and oxygen atoms in total. The van der Waals surface area contributed by atoms with Crippen LogP contribution < -0.4 is 10.1 Å². The maximum atomic E-state index is 12.4. The molecule has 2 aromatic rings. The maximum absolute atomic E-state index is 12.4. The lowest BCUT2D eigenvalue weighted by Gasteiger charge is -2.14. The number of carbonyl (C=O) groups excluding carboxylic acids is 1. The predicted octanol–water partition coefficient (Wildman–Crippen LogP) is 3.12. The van der Waals surface area contributed by atoms with Crippen LogP contribution in [0.3, 0.4) is 0 Å². The normalized spacial score (nSPS) is 11.8. The summed E-state index contributed by atoms with van der Waals surface area (Å²) in [6.45, 7) is 4.26. The van der Waals surface area contributed by atoms with Gasteiger partial charge in [-0.25, -0.2) is 12.7 Å². The van der Waals surface area contributed by atoms with E-state index in [2.05, 4.69) is 29.4 Å². The number of carbonyl (C=O) groups is 1. The number of benzene rings is 1. The number of aromatic nitrogens is 2. The lowest BCUT2D eigenvalue weighted by Crippen LogP contribution is -2.22. The molecule has 0 saturated carbocycles. The first-order valence-electron chi connectivity index (χ1n) is 8.99. The molecule has 1 heterocycles. The molecule has 11 heteroatoms. The van der Waals surface area contributed by atoms with Gasteiger partial charge in [-0.05, 0) is 36.1 Å². The van der Waals surface area contributed by atoms with Crippen LogP contribution in [-0.4, -0.2) is 55.8 Å². The summed E-state index contributed by atoms with van der Waals surface area (Å²) in [4.78, 5) is 12.5. The summed E-state index contributed by atoms with van der Waals surface area (Å²) in [6, 6.07) is 4.65. The van der Waals surface area contributed by atoms with Gasteiger partial charge in [0.1, 0.15) is 5.75 Å². The van der Waals surface area contributed by atoms with Crippen molar-refractivity contribution in [3.8, 4) is 5.75 Å². The SMILES string of the molecule is COc1ccc(S(=O)(=O)N(C)C)cc1CCC(=O)Nc1nnc(SCC(C)C)s1. The van der Waals surface area contributed by atoms with Crippen LogP contribution in [0.15, 0.2) is 27.4 Å². The molecule has 29 heavy (non-hydrogen) atoms. The number of aryl methyl sites for hydroxylation is 1. The van der Waals surface area contributed by atoms with Gasteiger partial charge in [-0.1, -0.05) is 36.9 Å². The monoisotopic (exact) mass is 458 g/mol. The van der Waals surface area contributed by atoms with Gasteiger partial charge in [-0.15, -0.1) is 10.2 Å². The Morgan fingerprint density at radius 1 is 1.31 bits per heavy atom. The molecule has 0 bridgehead atoms. The van der Waals surface area contributed by atoms with Crippen LogP contribution >= 0.6 is 23.1 Å². The van der Waals surface area contributed by atoms with Gasteiger partial charge in [0.25, 0.3) is 0 Å². The number of anilines is 1. The van der Waals surface area contributed by atoms with Gasteiger partial charge in [0.05, 0.1) is 12.0 Å². The minimum absolute atomic E-state index is 0.162. The smallest absolute Gasteiger partial charge is 0.242 e. The molecule has 1 N–H and O–H groups in total. The zero-order chi connectivity index (χ0) is 21.6. The lowest BCUT2D eigenvalue weighted by molar-refractivity contribution is -0.116. The van der Waals surface area contributed by atoms with E-state index in [1.807, 2.05) is 0 Å². The Morgan fingerprint density at radius 3 is 2.66 bits per heavy atom. The Morgan fingerprint density at radius 2 is 2.03 bits per heavy atom. The Hall–Kier alpha value is -1.69. The largest absolute Gasteiger partial charge is 0.496 e. The molecule has 0 radical (unpaired) electrons. The first-order chi connectivity index (χ1) is 13.6. The zero-order valence-corrected chi connectivity index (χ0v) is 19.6. The van der Waals surface area contributed by atoms with Crippen molar-refractivity contribution in [3.05, 3.63) is 23.8 Å². The summed E-state index contributed by atoms with van der Waals surface area (Å²) in [6.07, 6.45) is 0.495. The van der Waals surface area contributed by atoms with Crippen LogP contribution in [0, 0.1) is 5.92 Å². The summed E-state index contributed by atoms with van der Waals surface area (Å²) >= 11 is 2.95. The molecule has 0 saturated heterocycles. The lowest BCUT2D eigenvalue weighted by atomic mass is 10.1. The second kappa shape index (κ2) is 10.4. The van der Waals surface area contributed by atoms with Crippen LogP contribution in [0.4, 0.5) is 5.13 Å². The molecule has 1 aromatic carbocycles. The Kier molecular flexibility index (Phi) is 8.44. The highest BCUT2D eigenvalue weighted by molar-refractivity contribution is 8.01. The van der Waals surface area contributed by atoms with Crippen molar-refractivity contribution < 1.29 is 17.9 Å². The van der Waals surface area contributed by atoms with Crippen molar-refractivity contribution in [2.24, 2.45) is 5.92 Å². The molecule has 1 amide bonds. The molecule has 0 aliphatic carbocycles. The van der Waals surface area contributed by atoms with Crippen molar-refractivity contribution in [2.75, 3.05) is 32.3 Å². The number of nitrogens with zero attached hydrogens (tertiary/aromatic N) is 3. The van der Waals surface area contributed by atoms with Gasteiger partial charge in [0.15, 0.2) is 4.34 Å². The number of hydrogen-bond donors (Lipinski definition) is 1. The average molecular weight is 459 g/mol. The average Bonchev–Trinajstić information content (AvgIpc) is 3.11. The van der Waals surface area contributed by atoms with Gasteiger partial charge in [-0.3, -0.25) is 4.79 Å². The quantitative estimate of drug-likeness (QED) is 0.431. The van der Waals surface area contributed by atoms with Crippen LogP contribution in [0.2, 0.25) is 0 Å². The molecule has 0 aliphatic heterocycles. The van der Waals surface area contributed by atoms with E-state index in [1.165, 1.54) is 38.6 Å². The van der Waals surface area contributed by atoms with E-state index in [1.54, 1.807) is 23.9 Å². The zero-order valence-electron chi connectivity index (χ0n) is 17.1. The molecule has 0 aliphatic rings. The number of amides is 1. The van der Waals surface area contributed by atoms with E-state index in [0.717, 1.165) is 14.4 Å². The highest BCUT2D eigenvalue weighted by Gasteiger charge is 2.19. The second-order valence-electron chi connectivity index (χ2n) is 6.89. The van der Waals surface area contributed by atoms with Crippen molar-refractivity contribution >= 4 is 44.2 Å². The summed E-state index contributed by atoms with van der Waals surface area (Å²) in [5.41, 5.74) is 0.649. The number of sulfonamides is 1. The van der Waals surface area contributed by atoms with Crippen LogP contribution in [0.25, 0.3) is 0 Å². The van der Waals surface area contributed by atoms with Crippen molar-refractivity contribution in [1.29, 1.82) is 0 Å². The van der Waals surface area contributed by atoms with E-state index in [-0.39, 0.29) is 17.2 Å². The van der Waals surface area contributed by atoms with Gasteiger partial charge in [-0.2, -0.15) is 0 Å². The molecule has 0 fully saturated rings. The van der Waals surface area contributed by atoms with E-state index in [4.69, 9.17) is 4.74 Å². The number of rotatable bonds is 10. The molecule has 160 valence electrons. The van der Waals surface area contributed by atoms with Gasteiger partial charge in [0.2, 0.25) is 21.1 Å². The maximum Gasteiger partial charge on any atom is 0.242 e. The summed E-state index contributed by atoms with van der Waals surface area (Å²) in [5, 5.41) is 11.3. The molecular formula is C18H26N4O4S3. The van der Waals surface area contributed by atoms with Crippen LogP contribution in [-0.2, 0) is 21.2 Å². The van der Waals surface area contributed by atoms with Crippen LogP contribution in [0.1, 0.15) is 25.8 Å². The molecule has 0 spiro atoms. The molecule has 2 rings (SSSR count). The Bertz CT molecular complexity index is 942. The topological polar surface area (TPSA) is 101 Å². The Balaban J connectivity index is 2.02. The second-order valence-corrected chi connectivity index (χ2v) is 11.3. The van der Waals surface area contributed by atoms with Crippen molar-refractivity contribution in [3.63, 3.8) is 0 Å². The fraction of sp³-hybridized carbons (Fsp3) is 0.500. The molecule has 0 atom stereocenters. The number of thioether (sulfide) groups is 1. The minimum Gasteiger partial charge on any atom is -0.496 e. The first kappa shape index (κ1) is 23.6. The van der Waals surface area contributed by atoms with E-state index < -0.39 is 10.0 Å². The van der Waals surface area contributed by atoms with Crippen LogP contribution in [0.5, 0.6) is 5.75 Å². The van der Waals surface area contributed by atoms with Gasteiger partial charge < -0.3 is 10.1 Å². The standard InChI is InChI=1S/C18H26N4O4S3/c1-12(2)11-27-18-21-20-17(28-18)19-16(23)9-6-13-10-14(7-8-15(13)26-5)29(24,25)22(3)4/h7-8,10,12H,6,9,11H2,1-5H3,(H,19,20,23). The summed E-state index contributed by atoms with van der Waals surface area (Å²) in [7, 11) is 0.898. The highest BCUT2D eigenvalue weighted by atomic mass is 32.2. The summed E-state index contributed by atoms with van der Waals surface area (Å²) in [5.74, 6) is 1.81. The Labute approximate surface area is 180 Å². The number of methoxy groups -OCH3 is 1. The number of hydrogen-bond acceptors (Lipinski definition) is 8. The molecular weight excluding hydrogens is 432 g/mol. The molecule has 0 unspecified atom stereocenters. The fourth-order valence-corrected chi connectivity index (χ4v) is 5.01. The number of ether oxygens (including phenoxy) is 1. The van der Waals surface area contributed by atoms with E-state index in [0.29, 0.717) is 28.8 Å². The van der Waals surface area contributed by atoms with E-state index >= 15 is 0 Å². The predicted molar refractivity (Wildman–Crippen MR) is 116 cm³/mol. The highest BCUT2D eigenvalue weighted by Crippen LogP contribution is 2.28. The van der Waals surface area contributed by atoms with E-state index in [9.17, 15) is 13.2 Å². The summed E-state index contributed by atoms with van der Waals surface area (Å²) < 4.78 is 32.0. The van der Waals surface area contributed by atoms with Crippen molar-refractivity contribution in [1.82, 2.24) is 14.5 Å². The third-order valence-electron chi connectivity index (χ3n) is 3.84. The first-order valence-corrected chi connectivity index (χ1v) is 12.2. The van der Waals surface area contributed by atoms with Crippen molar-refractivity contribution in [2.45, 2.75) is 35.9 Å². The third kappa shape index (κ3) is 6.66. The fourth-order valence-electron chi connectivity index (χ4n) is 2.31.